The number of halogens is 2. The first-order valence-corrected chi connectivity index (χ1v) is 9.63. The lowest BCUT2D eigenvalue weighted by molar-refractivity contribution is -0.147. The van der Waals surface area contributed by atoms with E-state index in [1.165, 1.54) is 12.1 Å². The lowest BCUT2D eigenvalue weighted by atomic mass is 10.0. The quantitative estimate of drug-likeness (QED) is 0.469. The molecule has 0 aliphatic rings. The number of carbonyl (C=O) groups is 3. The van der Waals surface area contributed by atoms with Crippen molar-refractivity contribution in [1.82, 2.24) is 5.32 Å². The SMILES string of the molecule is C=CC(=O)Nc1cccc(CC(=O)NC(Cc2cccc(Cl)c2F)C(=O)OCC)c1. The van der Waals surface area contributed by atoms with Gasteiger partial charge < -0.3 is 15.4 Å². The summed E-state index contributed by atoms with van der Waals surface area (Å²) in [4.78, 5) is 36.2. The van der Waals surface area contributed by atoms with Crippen LogP contribution in [0, 0.1) is 5.82 Å². The number of anilines is 1. The van der Waals surface area contributed by atoms with Gasteiger partial charge in [-0.25, -0.2) is 9.18 Å². The topological polar surface area (TPSA) is 84.5 Å². The molecular weight excluding hydrogens is 411 g/mol. The Hall–Kier alpha value is -3.19. The van der Waals surface area contributed by atoms with Crippen molar-refractivity contribution >= 4 is 35.1 Å². The number of hydrogen-bond donors (Lipinski definition) is 2. The minimum atomic E-state index is -1.07. The van der Waals surface area contributed by atoms with Gasteiger partial charge in [0.25, 0.3) is 0 Å². The Kier molecular flexibility index (Phi) is 8.55. The second-order valence-corrected chi connectivity index (χ2v) is 6.77. The zero-order chi connectivity index (χ0) is 22.1. The Labute approximate surface area is 179 Å². The van der Waals surface area contributed by atoms with Crippen LogP contribution in [0.5, 0.6) is 0 Å². The van der Waals surface area contributed by atoms with E-state index in [0.717, 1.165) is 6.08 Å². The van der Waals surface area contributed by atoms with E-state index in [1.807, 2.05) is 0 Å². The monoisotopic (exact) mass is 432 g/mol. The maximum absolute atomic E-state index is 14.2. The molecule has 2 aromatic carbocycles. The van der Waals surface area contributed by atoms with E-state index < -0.39 is 23.7 Å². The van der Waals surface area contributed by atoms with Crippen molar-refractivity contribution in [2.75, 3.05) is 11.9 Å². The highest BCUT2D eigenvalue weighted by Gasteiger charge is 2.24. The van der Waals surface area contributed by atoms with Gasteiger partial charge in [-0.15, -0.1) is 0 Å². The van der Waals surface area contributed by atoms with E-state index in [9.17, 15) is 18.8 Å². The third-order valence-electron chi connectivity index (χ3n) is 4.11. The molecule has 6 nitrogen and oxygen atoms in total. The van der Waals surface area contributed by atoms with E-state index in [0.29, 0.717) is 11.3 Å². The summed E-state index contributed by atoms with van der Waals surface area (Å²) in [6, 6.07) is 10.1. The molecule has 0 radical (unpaired) electrons. The number of rotatable bonds is 9. The van der Waals surface area contributed by atoms with Crippen molar-refractivity contribution in [3.8, 4) is 0 Å². The second-order valence-electron chi connectivity index (χ2n) is 6.36. The van der Waals surface area contributed by atoms with Crippen LogP contribution in [0.1, 0.15) is 18.1 Å². The highest BCUT2D eigenvalue weighted by molar-refractivity contribution is 6.30. The molecule has 0 aliphatic heterocycles. The van der Waals surface area contributed by atoms with Crippen LogP contribution in [0.25, 0.3) is 0 Å². The average molecular weight is 433 g/mol. The molecule has 1 unspecified atom stereocenters. The van der Waals surface area contributed by atoms with Gasteiger partial charge in [0, 0.05) is 12.1 Å². The Morgan fingerprint density at radius 3 is 2.67 bits per heavy atom. The van der Waals surface area contributed by atoms with E-state index in [1.54, 1.807) is 37.3 Å². The molecule has 0 bridgehead atoms. The van der Waals surface area contributed by atoms with Gasteiger partial charge in [-0.05, 0) is 42.3 Å². The van der Waals surface area contributed by atoms with Gasteiger partial charge in [0.05, 0.1) is 18.1 Å². The summed E-state index contributed by atoms with van der Waals surface area (Å²) < 4.78 is 19.2. The number of esters is 1. The molecule has 0 spiro atoms. The fraction of sp³-hybridized carbons (Fsp3) is 0.227. The standard InChI is InChI=1S/C22H22ClFN2O4/c1-3-19(27)25-16-9-5-7-14(11-16)12-20(28)26-18(22(29)30-4-2)13-15-8-6-10-17(23)21(15)24/h3,5-11,18H,1,4,12-13H2,2H3,(H,25,27)(H,26,28). The molecule has 2 rings (SSSR count). The number of benzene rings is 2. The Bertz CT molecular complexity index is 948. The van der Waals surface area contributed by atoms with Crippen molar-refractivity contribution in [2.45, 2.75) is 25.8 Å². The van der Waals surface area contributed by atoms with E-state index >= 15 is 0 Å². The van der Waals surface area contributed by atoms with E-state index in [-0.39, 0.29) is 35.9 Å². The van der Waals surface area contributed by atoms with E-state index in [2.05, 4.69) is 17.2 Å². The molecule has 1 atom stereocenters. The molecule has 0 aliphatic carbocycles. The van der Waals surface area contributed by atoms with Crippen molar-refractivity contribution in [3.05, 3.63) is 77.1 Å². The zero-order valence-corrected chi connectivity index (χ0v) is 17.2. The van der Waals surface area contributed by atoms with Crippen LogP contribution in [0.2, 0.25) is 5.02 Å². The van der Waals surface area contributed by atoms with Gasteiger partial charge in [-0.2, -0.15) is 0 Å². The molecule has 0 heterocycles. The summed E-state index contributed by atoms with van der Waals surface area (Å²) in [6.07, 6.45) is 0.983. The predicted molar refractivity (Wildman–Crippen MR) is 113 cm³/mol. The molecule has 158 valence electrons. The van der Waals surface area contributed by atoms with Gasteiger partial charge in [-0.3, -0.25) is 9.59 Å². The van der Waals surface area contributed by atoms with Gasteiger partial charge in [0.2, 0.25) is 11.8 Å². The lowest BCUT2D eigenvalue weighted by Gasteiger charge is -2.18. The summed E-state index contributed by atoms with van der Waals surface area (Å²) in [5, 5.41) is 5.13. The Morgan fingerprint density at radius 1 is 1.23 bits per heavy atom. The molecule has 2 amide bonds. The van der Waals surface area contributed by atoms with Crippen LogP contribution in [-0.4, -0.2) is 30.4 Å². The summed E-state index contributed by atoms with van der Waals surface area (Å²) in [5.74, 6) is -2.14. The van der Waals surface area contributed by atoms with Crippen LogP contribution in [0.4, 0.5) is 10.1 Å². The minimum Gasteiger partial charge on any atom is -0.464 e. The fourth-order valence-electron chi connectivity index (χ4n) is 2.75. The van der Waals surface area contributed by atoms with E-state index in [4.69, 9.17) is 16.3 Å². The second kappa shape index (κ2) is 11.1. The third kappa shape index (κ3) is 6.70. The van der Waals surface area contributed by atoms with Crippen molar-refractivity contribution in [3.63, 3.8) is 0 Å². The van der Waals surface area contributed by atoms with Crippen LogP contribution in [0.15, 0.2) is 55.1 Å². The number of nitrogens with one attached hydrogen (secondary N) is 2. The number of ether oxygens (including phenoxy) is 1. The maximum atomic E-state index is 14.2. The molecule has 0 aromatic heterocycles. The summed E-state index contributed by atoms with van der Waals surface area (Å²) in [7, 11) is 0. The molecule has 0 saturated carbocycles. The Morgan fingerprint density at radius 2 is 1.97 bits per heavy atom. The Balaban J connectivity index is 2.11. The molecule has 0 fully saturated rings. The summed E-state index contributed by atoms with van der Waals surface area (Å²) in [5.41, 5.74) is 1.31. The summed E-state index contributed by atoms with van der Waals surface area (Å²) >= 11 is 5.80. The van der Waals surface area contributed by atoms with Crippen molar-refractivity contribution in [1.29, 1.82) is 0 Å². The van der Waals surface area contributed by atoms with Crippen LogP contribution >= 0.6 is 11.6 Å². The smallest absolute Gasteiger partial charge is 0.328 e. The lowest BCUT2D eigenvalue weighted by Crippen LogP contribution is -2.44. The highest BCUT2D eigenvalue weighted by Crippen LogP contribution is 2.19. The highest BCUT2D eigenvalue weighted by atomic mass is 35.5. The van der Waals surface area contributed by atoms with Crippen LogP contribution < -0.4 is 10.6 Å². The van der Waals surface area contributed by atoms with Gasteiger partial charge in [0.15, 0.2) is 0 Å². The molecule has 2 N–H and O–H groups in total. The van der Waals surface area contributed by atoms with Crippen molar-refractivity contribution in [2.24, 2.45) is 0 Å². The van der Waals surface area contributed by atoms with Gasteiger partial charge in [-0.1, -0.05) is 42.4 Å². The third-order valence-corrected chi connectivity index (χ3v) is 4.40. The number of hydrogen-bond acceptors (Lipinski definition) is 4. The average Bonchev–Trinajstić information content (AvgIpc) is 2.71. The largest absolute Gasteiger partial charge is 0.464 e. The van der Waals surface area contributed by atoms with Gasteiger partial charge in [0.1, 0.15) is 11.9 Å². The minimum absolute atomic E-state index is 0.0499. The van der Waals surface area contributed by atoms with Gasteiger partial charge >= 0.3 is 5.97 Å². The molecule has 8 heteroatoms. The van der Waals surface area contributed by atoms with Crippen LogP contribution in [-0.2, 0) is 32.0 Å². The zero-order valence-electron chi connectivity index (χ0n) is 16.4. The first kappa shape index (κ1) is 23.1. The van der Waals surface area contributed by atoms with Crippen LogP contribution in [0.3, 0.4) is 0 Å². The summed E-state index contributed by atoms with van der Waals surface area (Å²) in [6.45, 7) is 5.14. The number of carbonyl (C=O) groups excluding carboxylic acids is 3. The predicted octanol–water partition coefficient (Wildman–Crippen LogP) is 3.44. The first-order valence-electron chi connectivity index (χ1n) is 9.25. The van der Waals surface area contributed by atoms with Crippen molar-refractivity contribution < 1.29 is 23.5 Å². The fourth-order valence-corrected chi connectivity index (χ4v) is 2.94. The molecular formula is C22H22ClFN2O4. The normalized spacial score (nSPS) is 11.3. The molecule has 2 aromatic rings. The number of amides is 2. The molecule has 0 saturated heterocycles. The first-order chi connectivity index (χ1) is 14.3. The maximum Gasteiger partial charge on any atom is 0.328 e. The molecule has 30 heavy (non-hydrogen) atoms.